The number of benzene rings is 4. The summed E-state index contributed by atoms with van der Waals surface area (Å²) in [6, 6.07) is 34.4. The smallest absolute Gasteiger partial charge is 0.231 e. The maximum atomic E-state index is 6.03. The van der Waals surface area contributed by atoms with Crippen LogP contribution in [-0.2, 0) is 0 Å². The molecule has 5 aromatic rings. The standard InChI is InChI=1S/C26H20N2O2/c1-29-24-17-16-21(18-22(24)26-27-23-14-8-9-15-25(23)30-26)28(19-10-4-2-5-11-19)20-12-6-3-7-13-20/h2-18H,1H3. The zero-order valence-electron chi connectivity index (χ0n) is 16.5. The van der Waals surface area contributed by atoms with Crippen molar-refractivity contribution in [3.63, 3.8) is 0 Å². The third-order valence-corrected chi connectivity index (χ3v) is 4.99. The Morgan fingerprint density at radius 3 is 1.97 bits per heavy atom. The van der Waals surface area contributed by atoms with Crippen molar-refractivity contribution in [1.82, 2.24) is 4.98 Å². The van der Waals surface area contributed by atoms with Gasteiger partial charge in [-0.2, -0.15) is 0 Å². The van der Waals surface area contributed by atoms with Crippen LogP contribution in [0.15, 0.2) is 108 Å². The number of nitrogens with zero attached hydrogens (tertiary/aromatic N) is 2. The summed E-state index contributed by atoms with van der Waals surface area (Å²) < 4.78 is 11.7. The van der Waals surface area contributed by atoms with E-state index in [1.807, 2.05) is 72.8 Å². The molecule has 0 bridgehead atoms. The van der Waals surface area contributed by atoms with E-state index in [-0.39, 0.29) is 0 Å². The molecule has 0 fully saturated rings. The third kappa shape index (κ3) is 3.29. The molecule has 1 aromatic heterocycles. The lowest BCUT2D eigenvalue weighted by Gasteiger charge is -2.26. The minimum Gasteiger partial charge on any atom is -0.496 e. The Balaban J connectivity index is 1.68. The Kier molecular flexibility index (Phi) is 4.66. The van der Waals surface area contributed by atoms with E-state index in [2.05, 4.69) is 40.2 Å². The second-order valence-corrected chi connectivity index (χ2v) is 6.88. The minimum absolute atomic E-state index is 0.538. The number of aromatic nitrogens is 1. The Labute approximate surface area is 175 Å². The minimum atomic E-state index is 0.538. The van der Waals surface area contributed by atoms with Gasteiger partial charge in [0.1, 0.15) is 11.3 Å². The molecular formula is C26H20N2O2. The number of fused-ring (bicyclic) bond motifs is 1. The van der Waals surface area contributed by atoms with Crippen LogP contribution in [0.4, 0.5) is 17.1 Å². The largest absolute Gasteiger partial charge is 0.496 e. The molecular weight excluding hydrogens is 372 g/mol. The van der Waals surface area contributed by atoms with Gasteiger partial charge in [-0.3, -0.25) is 0 Å². The average Bonchev–Trinajstić information content (AvgIpc) is 3.25. The van der Waals surface area contributed by atoms with E-state index in [4.69, 9.17) is 9.15 Å². The second kappa shape index (κ2) is 7.76. The summed E-state index contributed by atoms with van der Waals surface area (Å²) in [6.07, 6.45) is 0. The summed E-state index contributed by atoms with van der Waals surface area (Å²) in [6.45, 7) is 0. The molecule has 0 spiro atoms. The lowest BCUT2D eigenvalue weighted by atomic mass is 10.1. The number of para-hydroxylation sites is 4. The highest BCUT2D eigenvalue weighted by Gasteiger charge is 2.18. The van der Waals surface area contributed by atoms with Crippen LogP contribution in [0, 0.1) is 0 Å². The van der Waals surface area contributed by atoms with Crippen molar-refractivity contribution in [3.05, 3.63) is 103 Å². The van der Waals surface area contributed by atoms with Gasteiger partial charge in [0.15, 0.2) is 5.58 Å². The van der Waals surface area contributed by atoms with E-state index in [1.54, 1.807) is 7.11 Å². The molecule has 0 unspecified atom stereocenters. The van der Waals surface area contributed by atoms with Gasteiger partial charge in [-0.15, -0.1) is 0 Å². The van der Waals surface area contributed by atoms with Crippen LogP contribution in [0.3, 0.4) is 0 Å². The molecule has 4 nitrogen and oxygen atoms in total. The summed E-state index contributed by atoms with van der Waals surface area (Å²) in [5.74, 6) is 1.25. The van der Waals surface area contributed by atoms with Gasteiger partial charge < -0.3 is 14.1 Å². The third-order valence-electron chi connectivity index (χ3n) is 4.99. The van der Waals surface area contributed by atoms with E-state index >= 15 is 0 Å². The summed E-state index contributed by atoms with van der Waals surface area (Å²) in [7, 11) is 1.66. The van der Waals surface area contributed by atoms with Gasteiger partial charge in [-0.25, -0.2) is 4.98 Å². The Morgan fingerprint density at radius 2 is 1.33 bits per heavy atom. The number of ether oxygens (including phenoxy) is 1. The van der Waals surface area contributed by atoms with Crippen molar-refractivity contribution in [2.24, 2.45) is 0 Å². The monoisotopic (exact) mass is 392 g/mol. The van der Waals surface area contributed by atoms with E-state index in [0.717, 1.165) is 33.7 Å². The SMILES string of the molecule is COc1ccc(N(c2ccccc2)c2ccccc2)cc1-c1nc2ccccc2o1. The van der Waals surface area contributed by atoms with Crippen molar-refractivity contribution in [2.75, 3.05) is 12.0 Å². The van der Waals surface area contributed by atoms with Crippen molar-refractivity contribution in [2.45, 2.75) is 0 Å². The summed E-state index contributed by atoms with van der Waals surface area (Å²) >= 11 is 0. The van der Waals surface area contributed by atoms with Crippen LogP contribution in [0.25, 0.3) is 22.6 Å². The maximum absolute atomic E-state index is 6.03. The molecule has 30 heavy (non-hydrogen) atoms. The Hall–Kier alpha value is -4.05. The van der Waals surface area contributed by atoms with Crippen molar-refractivity contribution in [3.8, 4) is 17.2 Å². The van der Waals surface area contributed by atoms with Gasteiger partial charge in [-0.05, 0) is 54.6 Å². The fourth-order valence-corrected chi connectivity index (χ4v) is 3.59. The van der Waals surface area contributed by atoms with Crippen LogP contribution in [0.5, 0.6) is 5.75 Å². The van der Waals surface area contributed by atoms with Gasteiger partial charge >= 0.3 is 0 Å². The Morgan fingerprint density at radius 1 is 0.700 bits per heavy atom. The highest BCUT2D eigenvalue weighted by atomic mass is 16.5. The molecule has 0 atom stereocenters. The fraction of sp³-hybridized carbons (Fsp3) is 0.0385. The number of methoxy groups -OCH3 is 1. The lowest BCUT2D eigenvalue weighted by molar-refractivity contribution is 0.414. The van der Waals surface area contributed by atoms with Crippen LogP contribution in [0.2, 0.25) is 0 Å². The first-order chi connectivity index (χ1) is 14.8. The van der Waals surface area contributed by atoms with Crippen molar-refractivity contribution in [1.29, 1.82) is 0 Å². The van der Waals surface area contributed by atoms with E-state index < -0.39 is 0 Å². The van der Waals surface area contributed by atoms with Gasteiger partial charge in [0.25, 0.3) is 0 Å². The van der Waals surface area contributed by atoms with E-state index in [1.165, 1.54) is 0 Å². The van der Waals surface area contributed by atoms with Gasteiger partial charge in [0, 0.05) is 17.1 Å². The Bertz CT molecular complexity index is 1210. The predicted octanol–water partition coefficient (Wildman–Crippen LogP) is 6.97. The first kappa shape index (κ1) is 18.0. The van der Waals surface area contributed by atoms with Crippen LogP contribution in [0.1, 0.15) is 0 Å². The van der Waals surface area contributed by atoms with Crippen LogP contribution >= 0.6 is 0 Å². The highest BCUT2D eigenvalue weighted by molar-refractivity contribution is 5.82. The molecule has 5 rings (SSSR count). The van der Waals surface area contributed by atoms with Crippen LogP contribution < -0.4 is 9.64 Å². The molecule has 0 amide bonds. The van der Waals surface area contributed by atoms with Crippen molar-refractivity contribution >= 4 is 28.2 Å². The molecule has 4 aromatic carbocycles. The molecule has 0 aliphatic rings. The molecule has 0 aliphatic carbocycles. The van der Waals surface area contributed by atoms with E-state index in [9.17, 15) is 0 Å². The summed E-state index contributed by atoms with van der Waals surface area (Å²) in [5, 5.41) is 0. The quantitative estimate of drug-likeness (QED) is 0.324. The molecule has 0 N–H and O–H groups in total. The average molecular weight is 392 g/mol. The molecule has 1 heterocycles. The fourth-order valence-electron chi connectivity index (χ4n) is 3.59. The lowest BCUT2D eigenvalue weighted by Crippen LogP contribution is -2.10. The van der Waals surface area contributed by atoms with Crippen LogP contribution in [-0.4, -0.2) is 12.1 Å². The van der Waals surface area contributed by atoms with Gasteiger partial charge in [0.2, 0.25) is 5.89 Å². The number of anilines is 3. The molecule has 0 aliphatic heterocycles. The predicted molar refractivity (Wildman–Crippen MR) is 121 cm³/mol. The molecule has 0 saturated heterocycles. The zero-order chi connectivity index (χ0) is 20.3. The summed E-state index contributed by atoms with van der Waals surface area (Å²) in [5.41, 5.74) is 5.51. The number of rotatable bonds is 5. The number of oxazole rings is 1. The highest BCUT2D eigenvalue weighted by Crippen LogP contribution is 2.40. The zero-order valence-corrected chi connectivity index (χ0v) is 16.5. The van der Waals surface area contributed by atoms with E-state index in [0.29, 0.717) is 11.6 Å². The molecule has 4 heteroatoms. The summed E-state index contributed by atoms with van der Waals surface area (Å²) in [4.78, 5) is 6.87. The molecule has 0 saturated carbocycles. The first-order valence-corrected chi connectivity index (χ1v) is 9.78. The van der Waals surface area contributed by atoms with Crippen molar-refractivity contribution < 1.29 is 9.15 Å². The number of hydrogen-bond acceptors (Lipinski definition) is 4. The normalized spacial score (nSPS) is 10.8. The first-order valence-electron chi connectivity index (χ1n) is 9.78. The second-order valence-electron chi connectivity index (χ2n) is 6.88. The van der Waals surface area contributed by atoms with Gasteiger partial charge in [0.05, 0.1) is 12.7 Å². The maximum Gasteiger partial charge on any atom is 0.231 e. The van der Waals surface area contributed by atoms with Gasteiger partial charge in [-0.1, -0.05) is 48.5 Å². The molecule has 146 valence electrons. The molecule has 0 radical (unpaired) electrons. The topological polar surface area (TPSA) is 38.5 Å². The number of hydrogen-bond donors (Lipinski definition) is 0.